The molecule has 0 heterocycles. The predicted octanol–water partition coefficient (Wildman–Crippen LogP) is 2.07. The van der Waals surface area contributed by atoms with Gasteiger partial charge in [-0.2, -0.15) is 0 Å². The number of anilines is 1. The number of hydrogen-bond acceptors (Lipinski definition) is 3. The van der Waals surface area contributed by atoms with Gasteiger partial charge in [-0.25, -0.2) is 4.39 Å². The number of hydrogen-bond donors (Lipinski definition) is 3. The maximum atomic E-state index is 12.9. The van der Waals surface area contributed by atoms with E-state index in [-0.39, 0.29) is 11.8 Å². The lowest BCUT2D eigenvalue weighted by molar-refractivity contribution is 0.0953. The van der Waals surface area contributed by atoms with Gasteiger partial charge in [0.05, 0.1) is 0 Å². The number of amides is 2. The Morgan fingerprint density at radius 2 is 1.70 bits per heavy atom. The minimum absolute atomic E-state index is 0.257. The summed E-state index contributed by atoms with van der Waals surface area (Å²) in [4.78, 5) is 24.1. The molecule has 120 valence electrons. The van der Waals surface area contributed by atoms with E-state index in [4.69, 9.17) is 5.73 Å². The molecule has 5 nitrogen and oxygen atoms in total. The molecule has 2 aromatic carbocycles. The summed E-state index contributed by atoms with van der Waals surface area (Å²) in [5.41, 5.74) is 7.46. The van der Waals surface area contributed by atoms with E-state index in [9.17, 15) is 14.0 Å². The van der Waals surface area contributed by atoms with Crippen molar-refractivity contribution in [3.63, 3.8) is 0 Å². The lowest BCUT2D eigenvalue weighted by Gasteiger charge is -2.11. The first-order chi connectivity index (χ1) is 11.0. The van der Waals surface area contributed by atoms with Crippen molar-refractivity contribution in [3.8, 4) is 0 Å². The van der Waals surface area contributed by atoms with Gasteiger partial charge in [-0.1, -0.05) is 6.07 Å². The SMILES string of the molecule is Cc1ccc(C(=O)NCCN)cc1NC(=O)c1ccc(F)cc1. The Labute approximate surface area is 133 Å². The lowest BCUT2D eigenvalue weighted by Crippen LogP contribution is -2.29. The highest BCUT2D eigenvalue weighted by Crippen LogP contribution is 2.18. The minimum atomic E-state index is -0.406. The molecule has 0 unspecified atom stereocenters. The minimum Gasteiger partial charge on any atom is -0.351 e. The van der Waals surface area contributed by atoms with Crippen LogP contribution in [-0.2, 0) is 0 Å². The van der Waals surface area contributed by atoms with Crippen LogP contribution >= 0.6 is 0 Å². The van der Waals surface area contributed by atoms with Gasteiger partial charge in [0.2, 0.25) is 0 Å². The zero-order valence-corrected chi connectivity index (χ0v) is 12.7. The number of carbonyl (C=O) groups is 2. The number of rotatable bonds is 5. The van der Waals surface area contributed by atoms with Crippen molar-refractivity contribution in [1.29, 1.82) is 0 Å². The smallest absolute Gasteiger partial charge is 0.255 e. The van der Waals surface area contributed by atoms with E-state index in [1.54, 1.807) is 18.2 Å². The Morgan fingerprint density at radius 3 is 2.35 bits per heavy atom. The van der Waals surface area contributed by atoms with Crippen LogP contribution in [0.25, 0.3) is 0 Å². The fourth-order valence-electron chi connectivity index (χ4n) is 1.98. The highest BCUT2D eigenvalue weighted by molar-refractivity contribution is 6.05. The summed E-state index contributed by atoms with van der Waals surface area (Å²) in [6.45, 7) is 2.55. The molecule has 0 atom stereocenters. The van der Waals surface area contributed by atoms with Gasteiger partial charge in [0.1, 0.15) is 5.82 Å². The maximum absolute atomic E-state index is 12.9. The van der Waals surface area contributed by atoms with Gasteiger partial charge in [-0.15, -0.1) is 0 Å². The Morgan fingerprint density at radius 1 is 1.04 bits per heavy atom. The monoisotopic (exact) mass is 315 g/mol. The molecule has 0 aliphatic carbocycles. The summed E-state index contributed by atoms with van der Waals surface area (Å²) < 4.78 is 12.9. The van der Waals surface area contributed by atoms with Gasteiger partial charge in [-0.05, 0) is 48.9 Å². The fraction of sp³-hybridized carbons (Fsp3) is 0.176. The number of aryl methyl sites for hydroxylation is 1. The summed E-state index contributed by atoms with van der Waals surface area (Å²) in [7, 11) is 0. The van der Waals surface area contributed by atoms with Gasteiger partial charge in [0, 0.05) is 29.9 Å². The first-order valence-corrected chi connectivity index (χ1v) is 7.17. The molecule has 23 heavy (non-hydrogen) atoms. The molecule has 0 radical (unpaired) electrons. The van der Waals surface area contributed by atoms with Crippen LogP contribution in [0.4, 0.5) is 10.1 Å². The molecule has 0 bridgehead atoms. The number of carbonyl (C=O) groups excluding carboxylic acids is 2. The molecule has 0 aromatic heterocycles. The van der Waals surface area contributed by atoms with Crippen LogP contribution in [-0.4, -0.2) is 24.9 Å². The summed E-state index contributed by atoms with van der Waals surface area (Å²) in [5.74, 6) is -1.03. The highest BCUT2D eigenvalue weighted by atomic mass is 19.1. The Hall–Kier alpha value is -2.73. The molecule has 0 saturated carbocycles. The molecular formula is C17H18FN3O2. The molecule has 0 aliphatic heterocycles. The van der Waals surface area contributed by atoms with Crippen molar-refractivity contribution in [1.82, 2.24) is 5.32 Å². The zero-order valence-electron chi connectivity index (χ0n) is 12.7. The van der Waals surface area contributed by atoms with Crippen molar-refractivity contribution in [2.24, 2.45) is 5.73 Å². The van der Waals surface area contributed by atoms with Crippen LogP contribution in [0.2, 0.25) is 0 Å². The summed E-state index contributed by atoms with van der Waals surface area (Å²) >= 11 is 0. The molecular weight excluding hydrogens is 297 g/mol. The molecule has 0 saturated heterocycles. The number of nitrogens with one attached hydrogen (secondary N) is 2. The third-order valence-electron chi connectivity index (χ3n) is 3.28. The van der Waals surface area contributed by atoms with E-state index in [2.05, 4.69) is 10.6 Å². The molecule has 6 heteroatoms. The first-order valence-electron chi connectivity index (χ1n) is 7.17. The van der Waals surface area contributed by atoms with Gasteiger partial charge >= 0.3 is 0 Å². The molecule has 0 fully saturated rings. The molecule has 2 rings (SSSR count). The van der Waals surface area contributed by atoms with Gasteiger partial charge < -0.3 is 16.4 Å². The second kappa shape index (κ2) is 7.51. The topological polar surface area (TPSA) is 84.2 Å². The fourth-order valence-corrected chi connectivity index (χ4v) is 1.98. The standard InChI is InChI=1S/C17H18FN3O2/c1-11-2-3-13(16(22)20-9-8-19)10-15(11)21-17(23)12-4-6-14(18)7-5-12/h2-7,10H,8-9,19H2,1H3,(H,20,22)(H,21,23). The van der Waals surface area contributed by atoms with E-state index in [1.165, 1.54) is 24.3 Å². The second-order valence-electron chi connectivity index (χ2n) is 5.04. The highest BCUT2D eigenvalue weighted by Gasteiger charge is 2.11. The second-order valence-corrected chi connectivity index (χ2v) is 5.04. The van der Waals surface area contributed by atoms with Crippen molar-refractivity contribution in [3.05, 3.63) is 65.0 Å². The van der Waals surface area contributed by atoms with E-state index >= 15 is 0 Å². The van der Waals surface area contributed by atoms with Crippen molar-refractivity contribution >= 4 is 17.5 Å². The van der Waals surface area contributed by atoms with Crippen molar-refractivity contribution in [2.75, 3.05) is 18.4 Å². The van der Waals surface area contributed by atoms with E-state index in [1.807, 2.05) is 6.92 Å². The largest absolute Gasteiger partial charge is 0.351 e. The molecule has 0 spiro atoms. The summed E-state index contributed by atoms with van der Waals surface area (Å²) in [5, 5.41) is 5.40. The van der Waals surface area contributed by atoms with Gasteiger partial charge in [0.25, 0.3) is 11.8 Å². The Bertz CT molecular complexity index is 714. The zero-order chi connectivity index (χ0) is 16.8. The van der Waals surface area contributed by atoms with Gasteiger partial charge in [-0.3, -0.25) is 9.59 Å². The van der Waals surface area contributed by atoms with Crippen LogP contribution in [0.5, 0.6) is 0 Å². The van der Waals surface area contributed by atoms with E-state index in [0.29, 0.717) is 29.9 Å². The van der Waals surface area contributed by atoms with Crippen molar-refractivity contribution in [2.45, 2.75) is 6.92 Å². The quantitative estimate of drug-likeness (QED) is 0.790. The van der Waals surface area contributed by atoms with E-state index < -0.39 is 5.82 Å². The average molecular weight is 315 g/mol. The third kappa shape index (κ3) is 4.37. The molecule has 0 aliphatic rings. The first kappa shape index (κ1) is 16.6. The summed E-state index contributed by atoms with van der Waals surface area (Å²) in [6, 6.07) is 10.3. The lowest BCUT2D eigenvalue weighted by atomic mass is 10.1. The maximum Gasteiger partial charge on any atom is 0.255 e. The Balaban J connectivity index is 2.17. The number of halogens is 1. The average Bonchev–Trinajstić information content (AvgIpc) is 2.55. The predicted molar refractivity (Wildman–Crippen MR) is 86.9 cm³/mol. The van der Waals surface area contributed by atoms with Gasteiger partial charge in [0.15, 0.2) is 0 Å². The third-order valence-corrected chi connectivity index (χ3v) is 3.28. The molecule has 4 N–H and O–H groups in total. The van der Waals surface area contributed by atoms with Crippen LogP contribution in [0.3, 0.4) is 0 Å². The number of benzene rings is 2. The van der Waals surface area contributed by atoms with E-state index in [0.717, 1.165) is 5.56 Å². The normalized spacial score (nSPS) is 10.2. The Kier molecular flexibility index (Phi) is 5.43. The van der Waals surface area contributed by atoms with Crippen molar-refractivity contribution < 1.29 is 14.0 Å². The van der Waals surface area contributed by atoms with Crippen LogP contribution in [0.1, 0.15) is 26.3 Å². The molecule has 2 aromatic rings. The van der Waals surface area contributed by atoms with Crippen LogP contribution in [0, 0.1) is 12.7 Å². The number of nitrogens with two attached hydrogens (primary N) is 1. The van der Waals surface area contributed by atoms with Crippen LogP contribution < -0.4 is 16.4 Å². The summed E-state index contributed by atoms with van der Waals surface area (Å²) in [6.07, 6.45) is 0. The molecule has 2 amide bonds. The van der Waals surface area contributed by atoms with Crippen LogP contribution in [0.15, 0.2) is 42.5 Å².